The van der Waals surface area contributed by atoms with E-state index in [4.69, 9.17) is 10.2 Å². The summed E-state index contributed by atoms with van der Waals surface area (Å²) in [6.45, 7) is 0.977. The Morgan fingerprint density at radius 3 is 2.70 bits per heavy atom. The molecule has 0 atom stereocenters. The van der Waals surface area contributed by atoms with Gasteiger partial charge in [0.25, 0.3) is 0 Å². The fourth-order valence-corrected chi connectivity index (χ4v) is 0.715. The predicted molar refractivity (Wildman–Crippen MR) is 39.3 cm³/mol. The van der Waals surface area contributed by atoms with E-state index < -0.39 is 6.29 Å². The normalized spacial score (nSPS) is 17.1. The molecule has 0 aromatic carbocycles. The molecule has 0 saturated heterocycles. The highest BCUT2D eigenvalue weighted by molar-refractivity contribution is 5.85. The number of rotatable bonds is 2. The number of aliphatic hydroxyl groups excluding tert-OH is 1. The smallest absolute Gasteiger partial charge is 0.166 e. The first-order chi connectivity index (χ1) is 4.29. The molecule has 0 unspecified atom stereocenters. The van der Waals surface area contributed by atoms with Crippen molar-refractivity contribution in [1.29, 1.82) is 0 Å². The molecule has 0 saturated carbocycles. The number of nitrogens with zero attached hydrogens (tertiary/aromatic N) is 1. The van der Waals surface area contributed by atoms with Crippen LogP contribution in [0.15, 0.2) is 12.3 Å². The van der Waals surface area contributed by atoms with Gasteiger partial charge in [-0.1, -0.05) is 6.08 Å². The molecule has 1 aliphatic rings. The number of hydrogen-bond donors (Lipinski definition) is 3. The van der Waals surface area contributed by atoms with E-state index in [-0.39, 0.29) is 19.0 Å². The first kappa shape index (κ1) is 9.71. The van der Waals surface area contributed by atoms with Gasteiger partial charge < -0.3 is 15.6 Å². The molecule has 5 heteroatoms. The van der Waals surface area contributed by atoms with E-state index in [1.807, 2.05) is 6.08 Å². The molecule has 0 aliphatic carbocycles. The number of hydrogen-bond acceptors (Lipinski definition) is 4. The predicted octanol–water partition coefficient (Wildman–Crippen LogP) is -0.947. The molecule has 1 rings (SSSR count). The molecule has 0 aromatic rings. The van der Waals surface area contributed by atoms with Gasteiger partial charge >= 0.3 is 0 Å². The average molecular weight is 167 g/mol. The summed E-state index contributed by atoms with van der Waals surface area (Å²) in [5.41, 5.74) is 2.82. The molecule has 0 amide bonds. The van der Waals surface area contributed by atoms with Crippen molar-refractivity contribution in [3.05, 3.63) is 12.3 Å². The van der Waals surface area contributed by atoms with Crippen LogP contribution in [0.2, 0.25) is 0 Å². The van der Waals surface area contributed by atoms with Gasteiger partial charge in [-0.15, -0.1) is 12.4 Å². The fraction of sp³-hybridized carbons (Fsp3) is 0.600. The summed E-state index contributed by atoms with van der Waals surface area (Å²) in [7, 11) is 0. The second kappa shape index (κ2) is 4.51. The van der Waals surface area contributed by atoms with Crippen LogP contribution < -0.4 is 5.43 Å². The van der Waals surface area contributed by atoms with E-state index in [9.17, 15) is 0 Å². The number of hydrazine groups is 1. The van der Waals surface area contributed by atoms with Crippen LogP contribution in [0.25, 0.3) is 0 Å². The van der Waals surface area contributed by atoms with E-state index in [2.05, 4.69) is 5.43 Å². The Labute approximate surface area is 65.5 Å². The van der Waals surface area contributed by atoms with Crippen LogP contribution in [0.4, 0.5) is 0 Å². The molecule has 0 radical (unpaired) electrons. The third-order valence-corrected chi connectivity index (χ3v) is 1.08. The minimum absolute atomic E-state index is 0. The SMILES string of the molecule is Cl.OC(O)CN1CC=CN1. The first-order valence-electron chi connectivity index (χ1n) is 2.81. The summed E-state index contributed by atoms with van der Waals surface area (Å²) in [6, 6.07) is 0. The topological polar surface area (TPSA) is 55.7 Å². The fourth-order valence-electron chi connectivity index (χ4n) is 0.715. The Bertz CT molecular complexity index is 110. The summed E-state index contributed by atoms with van der Waals surface area (Å²) in [4.78, 5) is 0. The minimum Gasteiger partial charge on any atom is -0.367 e. The van der Waals surface area contributed by atoms with Crippen LogP contribution in [0.1, 0.15) is 0 Å². The van der Waals surface area contributed by atoms with Crippen LogP contribution in [0.5, 0.6) is 0 Å². The van der Waals surface area contributed by atoms with Crippen molar-refractivity contribution in [2.75, 3.05) is 13.1 Å². The van der Waals surface area contributed by atoms with Gasteiger partial charge in [0.2, 0.25) is 0 Å². The molecule has 4 nitrogen and oxygen atoms in total. The summed E-state index contributed by atoms with van der Waals surface area (Å²) in [6.07, 6.45) is 2.42. The summed E-state index contributed by atoms with van der Waals surface area (Å²) < 4.78 is 0. The van der Waals surface area contributed by atoms with Crippen LogP contribution in [0, 0.1) is 0 Å². The Morgan fingerprint density at radius 2 is 2.30 bits per heavy atom. The van der Waals surface area contributed by atoms with Crippen LogP contribution in [0.3, 0.4) is 0 Å². The molecule has 1 heterocycles. The lowest BCUT2D eigenvalue weighted by molar-refractivity contribution is -0.0636. The lowest BCUT2D eigenvalue weighted by Crippen LogP contribution is -2.36. The standard InChI is InChI=1S/C5H10N2O2.ClH/c8-5(9)4-7-3-1-2-6-7;/h1-2,5-6,8-9H,3-4H2;1H. The molecule has 0 aromatic heterocycles. The van der Waals surface area contributed by atoms with Crippen molar-refractivity contribution in [2.45, 2.75) is 6.29 Å². The molecule has 0 bridgehead atoms. The lowest BCUT2D eigenvalue weighted by atomic mass is 10.5. The molecule has 10 heavy (non-hydrogen) atoms. The van der Waals surface area contributed by atoms with Gasteiger partial charge in [0, 0.05) is 12.7 Å². The molecule has 0 spiro atoms. The van der Waals surface area contributed by atoms with Crippen molar-refractivity contribution in [3.8, 4) is 0 Å². The van der Waals surface area contributed by atoms with E-state index in [1.54, 1.807) is 11.2 Å². The summed E-state index contributed by atoms with van der Waals surface area (Å²) >= 11 is 0. The van der Waals surface area contributed by atoms with Gasteiger partial charge in [0.05, 0.1) is 6.54 Å². The Balaban J connectivity index is 0.000000810. The largest absolute Gasteiger partial charge is 0.367 e. The second-order valence-electron chi connectivity index (χ2n) is 1.92. The zero-order valence-electron chi connectivity index (χ0n) is 5.40. The van der Waals surface area contributed by atoms with Crippen molar-refractivity contribution < 1.29 is 10.2 Å². The maximum absolute atomic E-state index is 8.46. The third-order valence-electron chi connectivity index (χ3n) is 1.08. The number of halogens is 1. The highest BCUT2D eigenvalue weighted by atomic mass is 35.5. The Morgan fingerprint density at radius 1 is 1.60 bits per heavy atom. The van der Waals surface area contributed by atoms with Crippen molar-refractivity contribution in [3.63, 3.8) is 0 Å². The molecule has 1 aliphatic heterocycles. The quantitative estimate of drug-likeness (QED) is 0.464. The third kappa shape index (κ3) is 3.03. The van der Waals surface area contributed by atoms with Gasteiger partial charge in [-0.2, -0.15) is 0 Å². The van der Waals surface area contributed by atoms with Gasteiger partial charge in [0.15, 0.2) is 6.29 Å². The monoisotopic (exact) mass is 166 g/mol. The molecular weight excluding hydrogens is 156 g/mol. The average Bonchev–Trinajstić information content (AvgIpc) is 2.15. The van der Waals surface area contributed by atoms with E-state index >= 15 is 0 Å². The minimum atomic E-state index is -1.25. The van der Waals surface area contributed by atoms with Crippen molar-refractivity contribution in [2.24, 2.45) is 0 Å². The van der Waals surface area contributed by atoms with E-state index in [0.717, 1.165) is 6.54 Å². The Hall–Kier alpha value is -0.290. The molecule has 3 N–H and O–H groups in total. The van der Waals surface area contributed by atoms with Crippen molar-refractivity contribution in [1.82, 2.24) is 10.4 Å². The van der Waals surface area contributed by atoms with Gasteiger partial charge in [-0.3, -0.25) is 0 Å². The highest BCUT2D eigenvalue weighted by Gasteiger charge is 2.07. The zero-order chi connectivity index (χ0) is 6.69. The molecular formula is C5H11ClN2O2. The van der Waals surface area contributed by atoms with Gasteiger partial charge in [-0.05, 0) is 0 Å². The zero-order valence-corrected chi connectivity index (χ0v) is 6.21. The first-order valence-corrected chi connectivity index (χ1v) is 2.81. The highest BCUT2D eigenvalue weighted by Crippen LogP contribution is 1.91. The molecule has 0 fully saturated rings. The maximum Gasteiger partial charge on any atom is 0.166 e. The van der Waals surface area contributed by atoms with Gasteiger partial charge in [0.1, 0.15) is 0 Å². The van der Waals surface area contributed by atoms with Gasteiger partial charge in [-0.25, -0.2) is 5.01 Å². The summed E-state index contributed by atoms with van der Waals surface area (Å²) in [5.74, 6) is 0. The maximum atomic E-state index is 8.46. The Kier molecular flexibility index (Phi) is 4.38. The van der Waals surface area contributed by atoms with Crippen molar-refractivity contribution >= 4 is 12.4 Å². The number of β-amino-alcohol motifs (C(OH)–C–C–N with tert-alkyl or cyclic N) is 2. The molecule has 60 valence electrons. The number of nitrogens with one attached hydrogen (secondary N) is 1. The van der Waals surface area contributed by atoms with Crippen LogP contribution >= 0.6 is 12.4 Å². The summed E-state index contributed by atoms with van der Waals surface area (Å²) in [5, 5.41) is 18.6. The van der Waals surface area contributed by atoms with Crippen LogP contribution in [-0.4, -0.2) is 34.6 Å². The number of aliphatic hydroxyl groups is 2. The van der Waals surface area contributed by atoms with Crippen LogP contribution in [-0.2, 0) is 0 Å². The van der Waals surface area contributed by atoms with E-state index in [0.29, 0.717) is 0 Å². The van der Waals surface area contributed by atoms with E-state index in [1.165, 1.54) is 0 Å². The second-order valence-corrected chi connectivity index (χ2v) is 1.92. The lowest BCUT2D eigenvalue weighted by Gasteiger charge is -2.15.